The average molecular weight is 236 g/mol. The molecule has 0 N–H and O–H groups in total. The highest BCUT2D eigenvalue weighted by molar-refractivity contribution is 5.20. The van der Waals surface area contributed by atoms with E-state index in [1.165, 1.54) is 0 Å². The number of para-hydroxylation sites is 1. The van der Waals surface area contributed by atoms with Crippen LogP contribution in [0.2, 0.25) is 0 Å². The van der Waals surface area contributed by atoms with Crippen LogP contribution in [-0.4, -0.2) is 33.0 Å². The van der Waals surface area contributed by atoms with Crippen LogP contribution in [0.1, 0.15) is 12.8 Å². The van der Waals surface area contributed by atoms with Gasteiger partial charge in [0.25, 0.3) is 0 Å². The second-order valence-electron chi connectivity index (χ2n) is 4.48. The van der Waals surface area contributed by atoms with Crippen molar-refractivity contribution in [3.63, 3.8) is 0 Å². The maximum Gasteiger partial charge on any atom is 0.119 e. The molecule has 0 saturated carbocycles. The van der Waals surface area contributed by atoms with Gasteiger partial charge in [0, 0.05) is 13.0 Å². The van der Waals surface area contributed by atoms with Crippen LogP contribution in [-0.2, 0) is 9.47 Å². The Balaban J connectivity index is 1.68. The maximum atomic E-state index is 5.76. The minimum Gasteiger partial charge on any atom is -0.491 e. The fourth-order valence-electron chi connectivity index (χ4n) is 2.06. The molecule has 1 fully saturated rings. The summed E-state index contributed by atoms with van der Waals surface area (Å²) >= 11 is 0. The average Bonchev–Trinajstić information content (AvgIpc) is 2.40. The highest BCUT2D eigenvalue weighted by atomic mass is 16.5. The Hall–Kier alpha value is -1.06. The predicted molar refractivity (Wildman–Crippen MR) is 66.3 cm³/mol. The molecule has 3 nitrogen and oxygen atoms in total. The summed E-state index contributed by atoms with van der Waals surface area (Å²) in [5.74, 6) is 1.46. The molecule has 0 spiro atoms. The molecule has 0 aliphatic carbocycles. The van der Waals surface area contributed by atoms with E-state index in [0.29, 0.717) is 12.5 Å². The Morgan fingerprint density at radius 3 is 2.65 bits per heavy atom. The Morgan fingerprint density at radius 1 is 1.18 bits per heavy atom. The van der Waals surface area contributed by atoms with Gasteiger partial charge in [-0.25, -0.2) is 0 Å². The third-order valence-corrected chi connectivity index (χ3v) is 3.05. The SMILES string of the molecule is COCC1CCC(COc2ccccc2)OC1. The topological polar surface area (TPSA) is 27.7 Å². The molecule has 1 aromatic carbocycles. The van der Waals surface area contributed by atoms with Crippen LogP contribution in [0.3, 0.4) is 0 Å². The number of hydrogen-bond acceptors (Lipinski definition) is 3. The van der Waals surface area contributed by atoms with Crippen LogP contribution in [0.5, 0.6) is 5.75 Å². The maximum absolute atomic E-state index is 5.76. The van der Waals surface area contributed by atoms with Crippen molar-refractivity contribution >= 4 is 0 Å². The first-order chi connectivity index (χ1) is 8.38. The summed E-state index contributed by atoms with van der Waals surface area (Å²) in [4.78, 5) is 0. The zero-order chi connectivity index (χ0) is 11.9. The van der Waals surface area contributed by atoms with E-state index < -0.39 is 0 Å². The van der Waals surface area contributed by atoms with Crippen molar-refractivity contribution in [2.75, 3.05) is 26.9 Å². The third-order valence-electron chi connectivity index (χ3n) is 3.05. The molecule has 2 atom stereocenters. The van der Waals surface area contributed by atoms with Crippen LogP contribution < -0.4 is 4.74 Å². The van der Waals surface area contributed by atoms with Crippen LogP contribution in [0.25, 0.3) is 0 Å². The van der Waals surface area contributed by atoms with E-state index in [1.807, 2.05) is 30.3 Å². The van der Waals surface area contributed by atoms with Crippen LogP contribution in [0.15, 0.2) is 30.3 Å². The van der Waals surface area contributed by atoms with Crippen molar-refractivity contribution in [1.29, 1.82) is 0 Å². The molecule has 0 radical (unpaired) electrons. The first-order valence-corrected chi connectivity index (χ1v) is 6.17. The van der Waals surface area contributed by atoms with Gasteiger partial charge in [-0.15, -0.1) is 0 Å². The van der Waals surface area contributed by atoms with E-state index in [0.717, 1.165) is 31.8 Å². The second-order valence-corrected chi connectivity index (χ2v) is 4.48. The van der Waals surface area contributed by atoms with Crippen molar-refractivity contribution in [3.8, 4) is 5.75 Å². The number of rotatable bonds is 5. The van der Waals surface area contributed by atoms with Gasteiger partial charge in [0.2, 0.25) is 0 Å². The van der Waals surface area contributed by atoms with Gasteiger partial charge >= 0.3 is 0 Å². The summed E-state index contributed by atoms with van der Waals surface area (Å²) in [6, 6.07) is 9.88. The molecular formula is C14H20O3. The summed E-state index contributed by atoms with van der Waals surface area (Å²) < 4.78 is 16.6. The van der Waals surface area contributed by atoms with Gasteiger partial charge in [-0.2, -0.15) is 0 Å². The summed E-state index contributed by atoms with van der Waals surface area (Å²) in [5, 5.41) is 0. The summed E-state index contributed by atoms with van der Waals surface area (Å²) in [5.41, 5.74) is 0. The lowest BCUT2D eigenvalue weighted by Crippen LogP contribution is -2.32. The van der Waals surface area contributed by atoms with Gasteiger partial charge in [0.15, 0.2) is 0 Å². The summed E-state index contributed by atoms with van der Waals surface area (Å²) in [7, 11) is 1.74. The van der Waals surface area contributed by atoms with Gasteiger partial charge in [-0.1, -0.05) is 18.2 Å². The zero-order valence-electron chi connectivity index (χ0n) is 10.3. The lowest BCUT2D eigenvalue weighted by Gasteiger charge is -2.28. The Labute approximate surface area is 103 Å². The number of hydrogen-bond donors (Lipinski definition) is 0. The fraction of sp³-hybridized carbons (Fsp3) is 0.571. The van der Waals surface area contributed by atoms with Gasteiger partial charge in [0.05, 0.1) is 19.3 Å². The molecule has 0 bridgehead atoms. The monoisotopic (exact) mass is 236 g/mol. The normalized spacial score (nSPS) is 24.5. The van der Waals surface area contributed by atoms with Crippen molar-refractivity contribution in [2.24, 2.45) is 5.92 Å². The van der Waals surface area contributed by atoms with Crippen LogP contribution in [0.4, 0.5) is 0 Å². The van der Waals surface area contributed by atoms with E-state index in [4.69, 9.17) is 14.2 Å². The molecule has 17 heavy (non-hydrogen) atoms. The Morgan fingerprint density at radius 2 is 2.00 bits per heavy atom. The van der Waals surface area contributed by atoms with Gasteiger partial charge < -0.3 is 14.2 Å². The second kappa shape index (κ2) is 6.62. The van der Waals surface area contributed by atoms with E-state index in [1.54, 1.807) is 7.11 Å². The number of ether oxygens (including phenoxy) is 3. The number of benzene rings is 1. The first kappa shape index (κ1) is 12.4. The highest BCUT2D eigenvalue weighted by Crippen LogP contribution is 2.20. The van der Waals surface area contributed by atoms with Gasteiger partial charge in [-0.05, 0) is 25.0 Å². The number of methoxy groups -OCH3 is 1. The van der Waals surface area contributed by atoms with E-state index in [-0.39, 0.29) is 6.10 Å². The Kier molecular flexibility index (Phi) is 4.83. The fourth-order valence-corrected chi connectivity index (χ4v) is 2.06. The molecule has 2 unspecified atom stereocenters. The van der Waals surface area contributed by atoms with Crippen LogP contribution in [0, 0.1) is 5.92 Å². The Bertz CT molecular complexity index is 305. The largest absolute Gasteiger partial charge is 0.491 e. The third kappa shape index (κ3) is 4.02. The minimum atomic E-state index is 0.225. The summed E-state index contributed by atoms with van der Waals surface area (Å²) in [6.45, 7) is 2.23. The molecular weight excluding hydrogens is 216 g/mol. The zero-order valence-corrected chi connectivity index (χ0v) is 10.3. The standard InChI is InChI=1S/C14H20O3/c1-15-9-12-7-8-14(16-10-12)11-17-13-5-3-2-4-6-13/h2-6,12,14H,7-11H2,1H3. The van der Waals surface area contributed by atoms with Crippen molar-refractivity contribution < 1.29 is 14.2 Å². The smallest absolute Gasteiger partial charge is 0.119 e. The van der Waals surface area contributed by atoms with E-state index in [9.17, 15) is 0 Å². The molecule has 1 aromatic rings. The van der Waals surface area contributed by atoms with Crippen LogP contribution >= 0.6 is 0 Å². The first-order valence-electron chi connectivity index (χ1n) is 6.17. The minimum absolute atomic E-state index is 0.225. The van der Waals surface area contributed by atoms with Crippen molar-refractivity contribution in [1.82, 2.24) is 0 Å². The van der Waals surface area contributed by atoms with E-state index in [2.05, 4.69) is 0 Å². The molecule has 0 aromatic heterocycles. The molecule has 1 heterocycles. The van der Waals surface area contributed by atoms with Gasteiger partial charge in [-0.3, -0.25) is 0 Å². The van der Waals surface area contributed by atoms with Crippen molar-refractivity contribution in [2.45, 2.75) is 18.9 Å². The lowest BCUT2D eigenvalue weighted by molar-refractivity contribution is -0.0527. The lowest BCUT2D eigenvalue weighted by atomic mass is 9.99. The quantitative estimate of drug-likeness (QED) is 0.786. The predicted octanol–water partition coefficient (Wildman–Crippen LogP) is 2.51. The van der Waals surface area contributed by atoms with Gasteiger partial charge in [0.1, 0.15) is 12.4 Å². The van der Waals surface area contributed by atoms with Crippen molar-refractivity contribution in [3.05, 3.63) is 30.3 Å². The molecule has 0 amide bonds. The molecule has 1 aliphatic rings. The van der Waals surface area contributed by atoms with E-state index >= 15 is 0 Å². The molecule has 2 rings (SSSR count). The molecule has 1 saturated heterocycles. The summed E-state index contributed by atoms with van der Waals surface area (Å²) in [6.07, 6.45) is 2.45. The molecule has 1 aliphatic heterocycles. The molecule has 3 heteroatoms. The molecule has 94 valence electrons. The highest BCUT2D eigenvalue weighted by Gasteiger charge is 2.21.